The topological polar surface area (TPSA) is 65.3 Å². The minimum atomic E-state index is -0.678. The predicted octanol–water partition coefficient (Wildman–Crippen LogP) is 0.308. The molecule has 0 saturated carbocycles. The number of likely N-dealkylation sites (N-methyl/N-ethyl adjacent to an activating group) is 1. The number of hydrogen-bond acceptors (Lipinski definition) is 4. The first-order chi connectivity index (χ1) is 5.11. The summed E-state index contributed by atoms with van der Waals surface area (Å²) in [5.41, 5.74) is 0. The Morgan fingerprint density at radius 3 is 2.73 bits per heavy atom. The molecule has 0 aromatic heterocycles. The lowest BCUT2D eigenvalue weighted by atomic mass is 10.3. The van der Waals surface area contributed by atoms with Crippen molar-refractivity contribution in [1.29, 1.82) is 0 Å². The molecule has 0 bridgehead atoms. The van der Waals surface area contributed by atoms with E-state index in [9.17, 15) is 4.79 Å². The first-order valence-electron chi connectivity index (χ1n) is 3.13. The van der Waals surface area contributed by atoms with Gasteiger partial charge in [0, 0.05) is 6.08 Å². The predicted molar refractivity (Wildman–Crippen MR) is 38.0 cm³/mol. The lowest BCUT2D eigenvalue weighted by molar-refractivity contribution is -0.117. The summed E-state index contributed by atoms with van der Waals surface area (Å²) in [7, 11) is 3.56. The maximum atomic E-state index is 10.6. The molecule has 1 rings (SSSR count). The smallest absolute Gasteiger partial charge is 0.329 e. The Bertz CT molecular complexity index is 232. The second kappa shape index (κ2) is 2.79. The molecule has 1 N–H and O–H groups in total. The molecule has 0 saturated heterocycles. The minimum Gasteiger partial charge on any atom is -0.503 e. The van der Waals surface area contributed by atoms with Crippen LogP contribution in [0.3, 0.4) is 0 Å². The Morgan fingerprint density at radius 1 is 1.64 bits per heavy atom. The Hall–Kier alpha value is -1.23. The molecule has 11 heavy (non-hydrogen) atoms. The number of carbonyl (C=O) groups is 1. The van der Waals surface area contributed by atoms with Gasteiger partial charge >= 0.3 is 5.91 Å². The molecule has 1 aliphatic rings. The van der Waals surface area contributed by atoms with E-state index in [-0.39, 0.29) is 11.9 Å². The molecule has 1 unspecified atom stereocenters. The van der Waals surface area contributed by atoms with Gasteiger partial charge in [-0.15, -0.1) is 5.11 Å². The van der Waals surface area contributed by atoms with E-state index in [0.29, 0.717) is 0 Å². The average molecular weight is 155 g/mol. The fraction of sp³-hybridized carbons (Fsp3) is 0.500. The molecule has 1 amide bonds. The third-order valence-corrected chi connectivity index (χ3v) is 1.32. The van der Waals surface area contributed by atoms with E-state index in [1.165, 1.54) is 6.08 Å². The monoisotopic (exact) mass is 155 g/mol. The number of azo groups is 1. The van der Waals surface area contributed by atoms with Gasteiger partial charge in [0.1, 0.15) is 6.17 Å². The number of rotatable bonds is 1. The van der Waals surface area contributed by atoms with Crippen molar-refractivity contribution in [3.05, 3.63) is 11.8 Å². The van der Waals surface area contributed by atoms with E-state index in [0.717, 1.165) is 0 Å². The van der Waals surface area contributed by atoms with Crippen molar-refractivity contribution in [3.63, 3.8) is 0 Å². The number of aliphatic hydroxyl groups is 1. The van der Waals surface area contributed by atoms with E-state index < -0.39 is 5.91 Å². The van der Waals surface area contributed by atoms with E-state index in [1.807, 2.05) is 0 Å². The Morgan fingerprint density at radius 2 is 2.27 bits per heavy atom. The zero-order valence-corrected chi connectivity index (χ0v) is 6.35. The van der Waals surface area contributed by atoms with Crippen LogP contribution in [-0.4, -0.2) is 36.2 Å². The van der Waals surface area contributed by atoms with E-state index in [2.05, 4.69) is 10.2 Å². The van der Waals surface area contributed by atoms with Gasteiger partial charge in [-0.2, -0.15) is 5.11 Å². The third-order valence-electron chi connectivity index (χ3n) is 1.32. The van der Waals surface area contributed by atoms with Crippen LogP contribution in [0.15, 0.2) is 22.1 Å². The summed E-state index contributed by atoms with van der Waals surface area (Å²) in [4.78, 5) is 12.3. The number of amides is 1. The molecule has 1 aliphatic heterocycles. The standard InChI is InChI=1S/C6H9N3O2/c1-9(2)5-3-4(10)6(11)8-7-5/h3,5,10H,1-2H3. The van der Waals surface area contributed by atoms with Crippen molar-refractivity contribution < 1.29 is 9.90 Å². The number of hydrogen-bond donors (Lipinski definition) is 1. The maximum absolute atomic E-state index is 10.6. The summed E-state index contributed by atoms with van der Waals surface area (Å²) in [6.45, 7) is 0. The highest BCUT2D eigenvalue weighted by atomic mass is 16.3. The van der Waals surface area contributed by atoms with Crippen molar-refractivity contribution in [2.24, 2.45) is 10.2 Å². The molecule has 0 radical (unpaired) electrons. The first-order valence-corrected chi connectivity index (χ1v) is 3.13. The van der Waals surface area contributed by atoms with Gasteiger partial charge < -0.3 is 5.11 Å². The van der Waals surface area contributed by atoms with Crippen LogP contribution in [0.25, 0.3) is 0 Å². The van der Waals surface area contributed by atoms with Gasteiger partial charge in [0.25, 0.3) is 0 Å². The molecule has 1 atom stereocenters. The lowest BCUT2D eigenvalue weighted by Crippen LogP contribution is -2.26. The van der Waals surface area contributed by atoms with Crippen LogP contribution >= 0.6 is 0 Å². The van der Waals surface area contributed by atoms with Gasteiger partial charge in [0.15, 0.2) is 5.76 Å². The highest BCUT2D eigenvalue weighted by Crippen LogP contribution is 2.08. The molecule has 0 aromatic rings. The summed E-state index contributed by atoms with van der Waals surface area (Å²) < 4.78 is 0. The van der Waals surface area contributed by atoms with Crippen LogP contribution in [0, 0.1) is 0 Å². The molecule has 0 aliphatic carbocycles. The van der Waals surface area contributed by atoms with E-state index in [4.69, 9.17) is 5.11 Å². The first kappa shape index (κ1) is 7.87. The maximum Gasteiger partial charge on any atom is 0.329 e. The summed E-state index contributed by atoms with van der Waals surface area (Å²) in [6.07, 6.45) is 1.03. The van der Waals surface area contributed by atoms with Crippen LogP contribution in [0.5, 0.6) is 0 Å². The van der Waals surface area contributed by atoms with Crippen molar-refractivity contribution in [2.75, 3.05) is 14.1 Å². The molecule has 0 aromatic carbocycles. The van der Waals surface area contributed by atoms with Gasteiger partial charge in [-0.3, -0.25) is 9.69 Å². The fourth-order valence-corrected chi connectivity index (χ4v) is 0.661. The molecule has 0 fully saturated rings. The van der Waals surface area contributed by atoms with Crippen molar-refractivity contribution in [1.82, 2.24) is 4.90 Å². The summed E-state index contributed by atoms with van der Waals surface area (Å²) in [5.74, 6) is -1.01. The van der Waals surface area contributed by atoms with Crippen molar-refractivity contribution in [3.8, 4) is 0 Å². The minimum absolute atomic E-state index is 0.326. The number of aliphatic hydroxyl groups excluding tert-OH is 1. The summed E-state index contributed by atoms with van der Waals surface area (Å²) in [6, 6.07) is 0. The summed E-state index contributed by atoms with van der Waals surface area (Å²) in [5, 5.41) is 15.8. The molecule has 1 heterocycles. The largest absolute Gasteiger partial charge is 0.503 e. The Kier molecular flexibility index (Phi) is 2.00. The normalized spacial score (nSPS) is 24.1. The molecular formula is C6H9N3O2. The van der Waals surface area contributed by atoms with Crippen LogP contribution in [-0.2, 0) is 4.79 Å². The highest BCUT2D eigenvalue weighted by Gasteiger charge is 2.17. The molecular weight excluding hydrogens is 146 g/mol. The van der Waals surface area contributed by atoms with Gasteiger partial charge in [0.05, 0.1) is 0 Å². The molecule has 5 heteroatoms. The SMILES string of the molecule is CN(C)C1C=C(O)C(=O)N=N1. The molecule has 0 spiro atoms. The number of nitrogens with zero attached hydrogens (tertiary/aromatic N) is 3. The molecule has 60 valence electrons. The van der Waals surface area contributed by atoms with Gasteiger partial charge in [-0.1, -0.05) is 0 Å². The average Bonchev–Trinajstić information content (AvgIpc) is 1.94. The zero-order valence-electron chi connectivity index (χ0n) is 6.35. The summed E-state index contributed by atoms with van der Waals surface area (Å²) >= 11 is 0. The second-order valence-electron chi connectivity index (χ2n) is 2.45. The van der Waals surface area contributed by atoms with Crippen LogP contribution in [0.1, 0.15) is 0 Å². The van der Waals surface area contributed by atoms with Crippen LogP contribution < -0.4 is 0 Å². The van der Waals surface area contributed by atoms with Crippen molar-refractivity contribution >= 4 is 5.91 Å². The lowest BCUT2D eigenvalue weighted by Gasteiger charge is -2.16. The Labute approximate surface area is 64.0 Å². The third kappa shape index (κ3) is 1.62. The van der Waals surface area contributed by atoms with E-state index in [1.54, 1.807) is 19.0 Å². The van der Waals surface area contributed by atoms with Crippen LogP contribution in [0.2, 0.25) is 0 Å². The van der Waals surface area contributed by atoms with Gasteiger partial charge in [-0.05, 0) is 14.1 Å². The highest BCUT2D eigenvalue weighted by molar-refractivity contribution is 5.91. The zero-order chi connectivity index (χ0) is 8.43. The molecule has 5 nitrogen and oxygen atoms in total. The second-order valence-corrected chi connectivity index (χ2v) is 2.45. The van der Waals surface area contributed by atoms with E-state index >= 15 is 0 Å². The Balaban J connectivity index is 2.77. The van der Waals surface area contributed by atoms with Gasteiger partial charge in [0.2, 0.25) is 0 Å². The van der Waals surface area contributed by atoms with Gasteiger partial charge in [-0.25, -0.2) is 0 Å². The quantitative estimate of drug-likeness (QED) is 0.592. The fourth-order valence-electron chi connectivity index (χ4n) is 0.661. The van der Waals surface area contributed by atoms with Crippen molar-refractivity contribution in [2.45, 2.75) is 6.17 Å². The number of carbonyl (C=O) groups excluding carboxylic acids is 1. The van der Waals surface area contributed by atoms with Crippen LogP contribution in [0.4, 0.5) is 0 Å².